The molecule has 0 aliphatic heterocycles. The van der Waals surface area contributed by atoms with Gasteiger partial charge in [-0.2, -0.15) is 5.10 Å². The number of ether oxygens (including phenoxy) is 1. The predicted molar refractivity (Wildman–Crippen MR) is 64.0 cm³/mol. The minimum Gasteiger partial charge on any atom is -0.468 e. The second kappa shape index (κ2) is 6.00. The van der Waals surface area contributed by atoms with Gasteiger partial charge in [-0.15, -0.1) is 0 Å². The van der Waals surface area contributed by atoms with Crippen molar-refractivity contribution in [3.63, 3.8) is 0 Å². The number of nitrogens with one attached hydrogen (secondary N) is 1. The van der Waals surface area contributed by atoms with E-state index in [0.29, 0.717) is 6.54 Å². The quantitative estimate of drug-likeness (QED) is 0.828. The summed E-state index contributed by atoms with van der Waals surface area (Å²) >= 11 is 3.33. The minimum atomic E-state index is -0.306. The van der Waals surface area contributed by atoms with Gasteiger partial charge in [-0.3, -0.25) is 9.48 Å². The molecular formula is C10H16BrN3O2. The molecule has 90 valence electrons. The molecule has 1 N–H and O–H groups in total. The fourth-order valence-electron chi connectivity index (χ4n) is 1.44. The molecule has 0 amide bonds. The third-order valence-corrected chi connectivity index (χ3v) is 2.56. The molecule has 2 atom stereocenters. The normalized spacial score (nSPS) is 14.5. The average Bonchev–Trinajstić information content (AvgIpc) is 2.62. The summed E-state index contributed by atoms with van der Waals surface area (Å²) < 4.78 is 7.39. The highest BCUT2D eigenvalue weighted by Crippen LogP contribution is 2.06. The smallest absolute Gasteiger partial charge is 0.322 e. The lowest BCUT2D eigenvalue weighted by atomic mass is 10.2. The predicted octanol–water partition coefficient (Wildman–Crippen LogP) is 1.19. The van der Waals surface area contributed by atoms with Gasteiger partial charge in [0.15, 0.2) is 0 Å². The number of carbonyl (C=O) groups excluding carboxylic acids is 1. The van der Waals surface area contributed by atoms with E-state index < -0.39 is 0 Å². The summed E-state index contributed by atoms with van der Waals surface area (Å²) in [7, 11) is 1.38. The van der Waals surface area contributed by atoms with E-state index in [-0.39, 0.29) is 18.1 Å². The molecule has 1 rings (SSSR count). The van der Waals surface area contributed by atoms with Crippen LogP contribution in [0.15, 0.2) is 16.9 Å². The number of carbonyl (C=O) groups is 1. The van der Waals surface area contributed by atoms with Gasteiger partial charge in [-0.25, -0.2) is 0 Å². The Morgan fingerprint density at radius 1 is 1.69 bits per heavy atom. The molecule has 0 saturated heterocycles. The van der Waals surface area contributed by atoms with E-state index in [4.69, 9.17) is 0 Å². The molecule has 1 heterocycles. The lowest BCUT2D eigenvalue weighted by Gasteiger charge is -2.18. The topological polar surface area (TPSA) is 56.1 Å². The summed E-state index contributed by atoms with van der Waals surface area (Å²) in [6, 6.07) is -0.167. The summed E-state index contributed by atoms with van der Waals surface area (Å²) in [4.78, 5) is 11.2. The first-order chi connectivity index (χ1) is 7.52. The van der Waals surface area contributed by atoms with Gasteiger partial charge in [-0.1, -0.05) is 0 Å². The molecule has 0 spiro atoms. The van der Waals surface area contributed by atoms with Crippen LogP contribution in [0.2, 0.25) is 0 Å². The van der Waals surface area contributed by atoms with Crippen molar-refractivity contribution < 1.29 is 9.53 Å². The molecule has 1 aromatic heterocycles. The maximum atomic E-state index is 11.2. The van der Waals surface area contributed by atoms with Gasteiger partial charge in [0.1, 0.15) is 6.04 Å². The molecule has 0 bridgehead atoms. The molecule has 1 aromatic rings. The summed E-state index contributed by atoms with van der Waals surface area (Å²) in [6.07, 6.45) is 3.62. The van der Waals surface area contributed by atoms with Crippen LogP contribution in [-0.4, -0.2) is 34.9 Å². The molecule has 0 aliphatic rings. The molecule has 0 radical (unpaired) electrons. The van der Waals surface area contributed by atoms with Crippen molar-refractivity contribution in [1.82, 2.24) is 15.1 Å². The molecule has 5 nitrogen and oxygen atoms in total. The number of halogens is 1. The number of esters is 1. The Morgan fingerprint density at radius 2 is 2.38 bits per heavy atom. The maximum absolute atomic E-state index is 11.2. The summed E-state index contributed by atoms with van der Waals surface area (Å²) in [5.41, 5.74) is 0. The van der Waals surface area contributed by atoms with Gasteiger partial charge >= 0.3 is 5.97 Å². The van der Waals surface area contributed by atoms with Crippen molar-refractivity contribution in [2.45, 2.75) is 32.5 Å². The number of nitrogens with zero attached hydrogens (tertiary/aromatic N) is 2. The zero-order valence-electron chi connectivity index (χ0n) is 9.61. The van der Waals surface area contributed by atoms with Crippen LogP contribution in [-0.2, 0) is 16.1 Å². The van der Waals surface area contributed by atoms with Crippen molar-refractivity contribution in [2.24, 2.45) is 0 Å². The highest BCUT2D eigenvalue weighted by atomic mass is 79.9. The van der Waals surface area contributed by atoms with Gasteiger partial charge in [0, 0.05) is 12.2 Å². The Morgan fingerprint density at radius 3 is 2.88 bits per heavy atom. The van der Waals surface area contributed by atoms with Crippen LogP contribution in [0.5, 0.6) is 0 Å². The lowest BCUT2D eigenvalue weighted by molar-refractivity contribution is -0.142. The molecule has 6 heteroatoms. The van der Waals surface area contributed by atoms with Crippen LogP contribution in [0.25, 0.3) is 0 Å². The van der Waals surface area contributed by atoms with Crippen LogP contribution in [0.4, 0.5) is 0 Å². The number of aromatic nitrogens is 2. The zero-order valence-corrected chi connectivity index (χ0v) is 11.2. The van der Waals surface area contributed by atoms with E-state index in [1.54, 1.807) is 13.1 Å². The fourth-order valence-corrected chi connectivity index (χ4v) is 1.77. The molecule has 0 aromatic carbocycles. The van der Waals surface area contributed by atoms with E-state index in [0.717, 1.165) is 4.47 Å². The third kappa shape index (κ3) is 3.94. The first kappa shape index (κ1) is 13.2. The number of rotatable bonds is 5. The molecule has 16 heavy (non-hydrogen) atoms. The van der Waals surface area contributed by atoms with Gasteiger partial charge in [0.05, 0.1) is 24.3 Å². The van der Waals surface area contributed by atoms with Crippen molar-refractivity contribution >= 4 is 21.9 Å². The van der Waals surface area contributed by atoms with Gasteiger partial charge in [0.2, 0.25) is 0 Å². The second-order valence-corrected chi connectivity index (χ2v) is 4.61. The number of methoxy groups -OCH3 is 1. The first-order valence-corrected chi connectivity index (χ1v) is 5.84. The van der Waals surface area contributed by atoms with E-state index in [2.05, 4.69) is 31.1 Å². The van der Waals surface area contributed by atoms with Crippen molar-refractivity contribution in [2.75, 3.05) is 7.11 Å². The second-order valence-electron chi connectivity index (χ2n) is 3.69. The Hall–Kier alpha value is -0.880. The van der Waals surface area contributed by atoms with E-state index in [9.17, 15) is 4.79 Å². The van der Waals surface area contributed by atoms with Crippen molar-refractivity contribution in [1.29, 1.82) is 0 Å². The highest BCUT2D eigenvalue weighted by molar-refractivity contribution is 9.10. The Bertz CT molecular complexity index is 354. The Balaban J connectivity index is 2.41. The third-order valence-electron chi connectivity index (χ3n) is 2.15. The molecule has 0 saturated carbocycles. The van der Waals surface area contributed by atoms with Crippen LogP contribution in [0.1, 0.15) is 13.8 Å². The summed E-state index contributed by atoms with van der Waals surface area (Å²) in [5.74, 6) is -0.256. The van der Waals surface area contributed by atoms with E-state index in [1.165, 1.54) is 7.11 Å². The van der Waals surface area contributed by atoms with E-state index in [1.807, 2.05) is 17.8 Å². The molecule has 0 aliphatic carbocycles. The highest BCUT2D eigenvalue weighted by Gasteiger charge is 2.15. The SMILES string of the molecule is COC(=O)C(C)NC(C)Cn1cc(Br)cn1. The number of hydrogen-bond donors (Lipinski definition) is 1. The largest absolute Gasteiger partial charge is 0.468 e. The average molecular weight is 290 g/mol. The number of hydrogen-bond acceptors (Lipinski definition) is 4. The van der Waals surface area contributed by atoms with Crippen LogP contribution in [0, 0.1) is 0 Å². The summed E-state index contributed by atoms with van der Waals surface area (Å²) in [5, 5.41) is 7.28. The van der Waals surface area contributed by atoms with Gasteiger partial charge < -0.3 is 10.1 Å². The maximum Gasteiger partial charge on any atom is 0.322 e. The zero-order chi connectivity index (χ0) is 12.1. The standard InChI is InChI=1S/C10H16BrN3O2/c1-7(13-8(2)10(15)16-3)5-14-6-9(11)4-12-14/h4,6-8,13H,5H2,1-3H3. The van der Waals surface area contributed by atoms with Gasteiger partial charge in [-0.05, 0) is 29.8 Å². The summed E-state index contributed by atoms with van der Waals surface area (Å²) in [6.45, 7) is 4.48. The first-order valence-electron chi connectivity index (χ1n) is 5.04. The van der Waals surface area contributed by atoms with Crippen LogP contribution >= 0.6 is 15.9 Å². The van der Waals surface area contributed by atoms with Crippen molar-refractivity contribution in [3.05, 3.63) is 16.9 Å². The van der Waals surface area contributed by atoms with Crippen LogP contribution < -0.4 is 5.32 Å². The molecule has 0 fully saturated rings. The van der Waals surface area contributed by atoms with Crippen molar-refractivity contribution in [3.8, 4) is 0 Å². The van der Waals surface area contributed by atoms with Crippen LogP contribution in [0.3, 0.4) is 0 Å². The molecular weight excluding hydrogens is 274 g/mol. The monoisotopic (exact) mass is 289 g/mol. The Labute approximate surface area is 103 Å². The lowest BCUT2D eigenvalue weighted by Crippen LogP contribution is -2.42. The fraction of sp³-hybridized carbons (Fsp3) is 0.600. The Kier molecular flexibility index (Phi) is 4.95. The van der Waals surface area contributed by atoms with E-state index >= 15 is 0 Å². The van der Waals surface area contributed by atoms with Gasteiger partial charge in [0.25, 0.3) is 0 Å². The minimum absolute atomic E-state index is 0.140. The molecule has 2 unspecified atom stereocenters.